The monoisotopic (exact) mass is 567 g/mol. The van der Waals surface area contributed by atoms with Crippen LogP contribution in [0.15, 0.2) is 40.9 Å². The van der Waals surface area contributed by atoms with E-state index in [1.54, 1.807) is 32.3 Å². The van der Waals surface area contributed by atoms with Gasteiger partial charge in [0.2, 0.25) is 5.78 Å². The van der Waals surface area contributed by atoms with Crippen LogP contribution in [0.4, 0.5) is 4.39 Å². The smallest absolute Gasteiger partial charge is 0.255 e. The Hall–Kier alpha value is -3.80. The highest BCUT2D eigenvalue weighted by Gasteiger charge is 2.63. The van der Waals surface area contributed by atoms with Crippen molar-refractivity contribution in [3.05, 3.63) is 63.4 Å². The molecule has 218 valence electrons. The predicted molar refractivity (Wildman–Crippen MR) is 148 cm³/mol. The number of phenolic OH excluding ortho intramolecular Hbond substituents is 1. The van der Waals surface area contributed by atoms with Crippen LogP contribution < -0.4 is 11.1 Å². The van der Waals surface area contributed by atoms with Gasteiger partial charge in [-0.1, -0.05) is 25.5 Å². The Balaban J connectivity index is 1.65. The zero-order chi connectivity index (χ0) is 30.0. The lowest BCUT2D eigenvalue weighted by Crippen LogP contribution is -2.63. The first-order chi connectivity index (χ1) is 19.4. The van der Waals surface area contributed by atoms with E-state index in [-0.39, 0.29) is 40.3 Å². The number of halogens is 1. The number of allylic oxidation sites excluding steroid dienone is 1. The number of ketones is 2. The van der Waals surface area contributed by atoms with Gasteiger partial charge in [0.1, 0.15) is 28.7 Å². The lowest BCUT2D eigenvalue weighted by molar-refractivity contribution is -0.148. The fourth-order valence-corrected chi connectivity index (χ4v) is 6.76. The molecule has 0 fully saturated rings. The van der Waals surface area contributed by atoms with Crippen molar-refractivity contribution in [3.8, 4) is 5.75 Å². The normalized spacial score (nSPS) is 26.0. The molecule has 7 N–H and O–H groups in total. The molecule has 0 heterocycles. The number of Topliss-reactive ketones (excluding diaryl/α,β-unsaturated/α-hetero) is 2. The van der Waals surface area contributed by atoms with Gasteiger partial charge in [0.05, 0.1) is 11.6 Å². The molecule has 0 unspecified atom stereocenters. The van der Waals surface area contributed by atoms with Crippen molar-refractivity contribution in [3.63, 3.8) is 0 Å². The first kappa shape index (κ1) is 28.7. The number of aromatic hydroxyl groups is 1. The third-order valence-electron chi connectivity index (χ3n) is 8.73. The van der Waals surface area contributed by atoms with Crippen LogP contribution >= 0.6 is 0 Å². The van der Waals surface area contributed by atoms with Crippen LogP contribution in [0.1, 0.15) is 47.7 Å². The van der Waals surface area contributed by atoms with Crippen LogP contribution in [-0.2, 0) is 22.6 Å². The maximum atomic E-state index is 16.0. The van der Waals surface area contributed by atoms with Gasteiger partial charge in [0.15, 0.2) is 11.4 Å². The highest BCUT2D eigenvalue weighted by atomic mass is 19.1. The summed E-state index contributed by atoms with van der Waals surface area (Å²) in [6, 6.07) is 3.80. The van der Waals surface area contributed by atoms with Gasteiger partial charge in [0, 0.05) is 34.4 Å². The predicted octanol–water partition coefficient (Wildman–Crippen LogP) is 2.30. The minimum Gasteiger partial charge on any atom is -0.510 e. The van der Waals surface area contributed by atoms with Gasteiger partial charge in [-0.25, -0.2) is 4.39 Å². The van der Waals surface area contributed by atoms with Gasteiger partial charge in [0.25, 0.3) is 5.91 Å². The molecular weight excluding hydrogens is 533 g/mol. The summed E-state index contributed by atoms with van der Waals surface area (Å²) in [5.41, 5.74) is 1.82. The van der Waals surface area contributed by atoms with E-state index in [4.69, 9.17) is 5.73 Å². The Morgan fingerprint density at radius 3 is 2.54 bits per heavy atom. The lowest BCUT2D eigenvalue weighted by atomic mass is 9.58. The topological polar surface area (TPSA) is 173 Å². The number of amides is 1. The van der Waals surface area contributed by atoms with E-state index in [9.17, 15) is 34.8 Å². The number of phenols is 1. The zero-order valence-corrected chi connectivity index (χ0v) is 23.1. The maximum Gasteiger partial charge on any atom is 0.255 e. The SMILES string of the molecule is CCCCNCc1ccc2c(F)c3c(c(O)c2c1)C(=O)C1=C(O)[C@]2(O)C(=O)C(C(N)=O)=C(O)[C@@H](N(C)C)[C@@H]2C[C@@H]1C3. The van der Waals surface area contributed by atoms with Crippen LogP contribution in [0.5, 0.6) is 5.75 Å². The molecule has 3 aliphatic rings. The van der Waals surface area contributed by atoms with E-state index in [1.807, 2.05) is 0 Å². The summed E-state index contributed by atoms with van der Waals surface area (Å²) in [6.07, 6.45) is 1.79. The number of primary amides is 1. The van der Waals surface area contributed by atoms with E-state index in [0.29, 0.717) is 6.54 Å². The summed E-state index contributed by atoms with van der Waals surface area (Å²) in [7, 11) is 3.09. The number of hydrogen-bond acceptors (Lipinski definition) is 9. The van der Waals surface area contributed by atoms with Gasteiger partial charge in [-0.2, -0.15) is 0 Å². The molecule has 0 spiro atoms. The van der Waals surface area contributed by atoms with Crippen LogP contribution in [0.3, 0.4) is 0 Å². The number of nitrogens with one attached hydrogen (secondary N) is 1. The first-order valence-electron chi connectivity index (χ1n) is 13.7. The van der Waals surface area contributed by atoms with Crippen molar-refractivity contribution in [1.29, 1.82) is 0 Å². The Bertz CT molecular complexity index is 1560. The summed E-state index contributed by atoms with van der Waals surface area (Å²) in [4.78, 5) is 40.9. The Morgan fingerprint density at radius 1 is 1.20 bits per heavy atom. The van der Waals surface area contributed by atoms with Crippen molar-refractivity contribution >= 4 is 28.2 Å². The van der Waals surface area contributed by atoms with Gasteiger partial charge >= 0.3 is 0 Å². The number of nitrogens with zero attached hydrogens (tertiary/aromatic N) is 1. The quantitative estimate of drug-likeness (QED) is 0.217. The van der Waals surface area contributed by atoms with E-state index < -0.39 is 69.6 Å². The number of benzene rings is 2. The lowest BCUT2D eigenvalue weighted by Gasteiger charge is -2.50. The molecule has 41 heavy (non-hydrogen) atoms. The number of fused-ring (bicyclic) bond motifs is 4. The van der Waals surface area contributed by atoms with Gasteiger partial charge in [-0.15, -0.1) is 0 Å². The van der Waals surface area contributed by atoms with E-state index in [0.717, 1.165) is 24.9 Å². The molecule has 1 amide bonds. The van der Waals surface area contributed by atoms with E-state index in [1.165, 1.54) is 4.90 Å². The number of carbonyl (C=O) groups excluding carboxylic acids is 3. The minimum atomic E-state index is -2.74. The largest absolute Gasteiger partial charge is 0.510 e. The van der Waals surface area contributed by atoms with Crippen LogP contribution in [0.2, 0.25) is 0 Å². The average Bonchev–Trinajstić information content (AvgIpc) is 2.91. The van der Waals surface area contributed by atoms with Crippen molar-refractivity contribution in [2.75, 3.05) is 20.6 Å². The summed E-state index contributed by atoms with van der Waals surface area (Å²) >= 11 is 0. The molecule has 5 rings (SSSR count). The minimum absolute atomic E-state index is 0.0260. The Labute approximate surface area is 235 Å². The first-order valence-corrected chi connectivity index (χ1v) is 13.7. The zero-order valence-electron chi connectivity index (χ0n) is 23.1. The molecule has 0 aliphatic heterocycles. The molecular formula is C30H34FN3O7. The van der Waals surface area contributed by atoms with Crippen molar-refractivity contribution in [2.45, 2.75) is 50.8 Å². The molecule has 0 aromatic heterocycles. The molecule has 0 saturated heterocycles. The summed E-state index contributed by atoms with van der Waals surface area (Å²) < 4.78 is 16.0. The number of carbonyl (C=O) groups is 3. The standard InChI is InChI=1S/C30H34FN3O7/c1-4-5-8-33-12-13-6-7-15-16(9-13)24(35)20-17(22(15)31)10-14-11-18-23(34(2)3)26(37)21(29(32)40)28(39)30(18,41)27(38)19(14)25(20)36/h6-7,9,14,18,23,33,35,37-38,41H,4-5,8,10-12H2,1-3H3,(H2,32,40)/t14-,18-,23-,30-/m0/s1. The van der Waals surface area contributed by atoms with Crippen molar-refractivity contribution < 1.29 is 39.2 Å². The molecule has 3 aliphatic carbocycles. The highest BCUT2D eigenvalue weighted by molar-refractivity contribution is 6.25. The van der Waals surface area contributed by atoms with E-state index >= 15 is 4.39 Å². The molecule has 0 saturated carbocycles. The number of aliphatic hydroxyl groups excluding tert-OH is 2. The average molecular weight is 568 g/mol. The van der Waals surface area contributed by atoms with Gasteiger partial charge in [-0.05, 0) is 57.5 Å². The molecule has 0 bridgehead atoms. The molecule has 2 aromatic rings. The van der Waals surface area contributed by atoms with Gasteiger partial charge < -0.3 is 31.5 Å². The maximum absolute atomic E-state index is 16.0. The summed E-state index contributed by atoms with van der Waals surface area (Å²) in [6.45, 7) is 3.33. The summed E-state index contributed by atoms with van der Waals surface area (Å²) in [5, 5.41) is 48.7. The molecule has 0 radical (unpaired) electrons. The number of aliphatic hydroxyl groups is 3. The fraction of sp³-hybridized carbons (Fsp3) is 0.433. The van der Waals surface area contributed by atoms with Crippen molar-refractivity contribution in [1.82, 2.24) is 10.2 Å². The number of hydrogen-bond donors (Lipinski definition) is 6. The van der Waals surface area contributed by atoms with Crippen LogP contribution in [0.25, 0.3) is 10.8 Å². The van der Waals surface area contributed by atoms with Crippen molar-refractivity contribution in [2.24, 2.45) is 17.6 Å². The highest BCUT2D eigenvalue weighted by Crippen LogP contribution is 2.53. The van der Waals surface area contributed by atoms with E-state index in [2.05, 4.69) is 12.2 Å². The fourth-order valence-electron chi connectivity index (χ4n) is 6.76. The van der Waals surface area contributed by atoms with Crippen LogP contribution in [-0.4, -0.2) is 75.1 Å². The number of likely N-dealkylation sites (N-methyl/N-ethyl adjacent to an activating group) is 1. The Morgan fingerprint density at radius 2 is 1.90 bits per heavy atom. The molecule has 11 heteroatoms. The second-order valence-electron chi connectivity index (χ2n) is 11.4. The summed E-state index contributed by atoms with van der Waals surface area (Å²) in [5.74, 6) is -8.31. The molecule has 2 aromatic carbocycles. The number of nitrogens with two attached hydrogens (primary N) is 1. The second kappa shape index (κ2) is 10.2. The molecule has 10 nitrogen and oxygen atoms in total. The van der Waals surface area contributed by atoms with Gasteiger partial charge in [-0.3, -0.25) is 19.3 Å². The number of unbranched alkanes of at least 4 members (excludes halogenated alkanes) is 1. The third-order valence-corrected chi connectivity index (χ3v) is 8.73. The third kappa shape index (κ3) is 4.13. The second-order valence-corrected chi connectivity index (χ2v) is 11.4. The molecule has 4 atom stereocenters. The van der Waals surface area contributed by atoms with Crippen LogP contribution in [0, 0.1) is 17.7 Å². The Kier molecular flexibility index (Phi) is 7.17. The number of rotatable bonds is 7.